The number of rotatable bonds is 8. The average Bonchev–Trinajstić information content (AvgIpc) is 2.65. The Labute approximate surface area is 118 Å². The summed E-state index contributed by atoms with van der Waals surface area (Å²) >= 11 is 0. The smallest absolute Gasteiger partial charge is 0.333 e. The fourth-order valence-corrected chi connectivity index (χ4v) is 1.78. The largest absolute Gasteiger partial charge is 0.375 e. The Morgan fingerprint density at radius 3 is 2.75 bits per heavy atom. The van der Waals surface area contributed by atoms with Gasteiger partial charge in [0.05, 0.1) is 18.1 Å². The third kappa shape index (κ3) is 4.06. The molecule has 0 saturated carbocycles. The maximum Gasteiger partial charge on any atom is 0.333 e. The van der Waals surface area contributed by atoms with Crippen LogP contribution in [0.15, 0.2) is 12.2 Å². The normalized spacial score (nSPS) is 10.8. The fourth-order valence-electron chi connectivity index (χ4n) is 1.78. The zero-order chi connectivity index (χ0) is 15.3. The maximum atomic E-state index is 11.1. The monoisotopic (exact) mass is 282 g/mol. The highest BCUT2D eigenvalue weighted by atomic mass is 16.6. The van der Waals surface area contributed by atoms with E-state index in [9.17, 15) is 10.1 Å². The van der Waals surface area contributed by atoms with Crippen LogP contribution in [0, 0.1) is 17.0 Å². The van der Waals surface area contributed by atoms with E-state index in [1.54, 1.807) is 11.6 Å². The van der Waals surface area contributed by atoms with Crippen LogP contribution in [-0.4, -0.2) is 34.5 Å². The molecule has 0 atom stereocenters. The molecule has 20 heavy (non-hydrogen) atoms. The van der Waals surface area contributed by atoms with Gasteiger partial charge in [0.2, 0.25) is 5.82 Å². The molecule has 1 aromatic heterocycles. The van der Waals surface area contributed by atoms with E-state index >= 15 is 0 Å². The van der Waals surface area contributed by atoms with Crippen LogP contribution in [0.4, 0.5) is 11.5 Å². The second kappa shape index (κ2) is 7.04. The summed E-state index contributed by atoms with van der Waals surface area (Å²) in [6.07, 6.45) is 0. The molecular formula is C13H22N4O3. The standard InChI is InChI=1S/C13H22N4O3/c1-9(2)8-20-7-6-14-13-12(17(18)19)11(5)15-16(13)10(3)4/h10,14H,1,6-8H2,2-5H3. The predicted octanol–water partition coefficient (Wildman–Crippen LogP) is 2.69. The number of aromatic nitrogens is 2. The van der Waals surface area contributed by atoms with Gasteiger partial charge in [-0.2, -0.15) is 5.10 Å². The number of nitrogens with one attached hydrogen (secondary N) is 1. The Morgan fingerprint density at radius 2 is 2.25 bits per heavy atom. The van der Waals surface area contributed by atoms with E-state index < -0.39 is 4.92 Å². The SMILES string of the molecule is C=C(C)COCCNc1c([N+](=O)[O-])c(C)nn1C(C)C. The molecule has 1 N–H and O–H groups in total. The molecule has 0 radical (unpaired) electrons. The number of ether oxygens (including phenoxy) is 1. The van der Waals surface area contributed by atoms with Crippen molar-refractivity contribution < 1.29 is 9.66 Å². The predicted molar refractivity (Wildman–Crippen MR) is 78.1 cm³/mol. The van der Waals surface area contributed by atoms with Gasteiger partial charge in [-0.1, -0.05) is 12.2 Å². The first kappa shape index (κ1) is 16.2. The van der Waals surface area contributed by atoms with E-state index in [2.05, 4.69) is 17.0 Å². The summed E-state index contributed by atoms with van der Waals surface area (Å²) in [6, 6.07) is 0.0428. The number of anilines is 1. The van der Waals surface area contributed by atoms with E-state index in [4.69, 9.17) is 4.74 Å². The van der Waals surface area contributed by atoms with Gasteiger partial charge in [-0.05, 0) is 27.7 Å². The Balaban J connectivity index is 2.76. The van der Waals surface area contributed by atoms with Crippen molar-refractivity contribution in [1.82, 2.24) is 9.78 Å². The first-order valence-corrected chi connectivity index (χ1v) is 6.54. The zero-order valence-electron chi connectivity index (χ0n) is 12.5. The van der Waals surface area contributed by atoms with Gasteiger partial charge < -0.3 is 10.1 Å². The molecule has 0 bridgehead atoms. The second-order valence-corrected chi connectivity index (χ2v) is 5.01. The van der Waals surface area contributed by atoms with Gasteiger partial charge in [0.1, 0.15) is 5.69 Å². The fraction of sp³-hybridized carbons (Fsp3) is 0.615. The lowest BCUT2D eigenvalue weighted by atomic mass is 10.3. The van der Waals surface area contributed by atoms with Gasteiger partial charge in [-0.15, -0.1) is 0 Å². The molecule has 7 heteroatoms. The third-order valence-corrected chi connectivity index (χ3v) is 2.61. The molecule has 0 unspecified atom stereocenters. The van der Waals surface area contributed by atoms with E-state index in [0.29, 0.717) is 31.3 Å². The summed E-state index contributed by atoms with van der Waals surface area (Å²) in [5.74, 6) is 0.432. The molecule has 0 aliphatic carbocycles. The molecule has 112 valence electrons. The molecule has 1 heterocycles. The first-order chi connectivity index (χ1) is 9.34. The number of nitrogens with zero attached hydrogens (tertiary/aromatic N) is 3. The van der Waals surface area contributed by atoms with Gasteiger partial charge in [0, 0.05) is 12.6 Å². The van der Waals surface area contributed by atoms with Crippen molar-refractivity contribution in [3.8, 4) is 0 Å². The van der Waals surface area contributed by atoms with Gasteiger partial charge in [-0.25, -0.2) is 4.68 Å². The van der Waals surface area contributed by atoms with E-state index in [-0.39, 0.29) is 11.7 Å². The lowest BCUT2D eigenvalue weighted by molar-refractivity contribution is -0.384. The third-order valence-electron chi connectivity index (χ3n) is 2.61. The molecule has 0 spiro atoms. The minimum absolute atomic E-state index is 0.0265. The number of aryl methyl sites for hydroxylation is 1. The first-order valence-electron chi connectivity index (χ1n) is 6.54. The summed E-state index contributed by atoms with van der Waals surface area (Å²) in [4.78, 5) is 10.7. The molecule has 0 saturated heterocycles. The summed E-state index contributed by atoms with van der Waals surface area (Å²) in [5.41, 5.74) is 1.38. The van der Waals surface area contributed by atoms with Gasteiger partial charge in [0.25, 0.3) is 0 Å². The Kier molecular flexibility index (Phi) is 5.69. The van der Waals surface area contributed by atoms with Crippen molar-refractivity contribution in [3.05, 3.63) is 28.0 Å². The molecule has 1 rings (SSSR count). The van der Waals surface area contributed by atoms with Crippen LogP contribution in [0.25, 0.3) is 0 Å². The van der Waals surface area contributed by atoms with Crippen molar-refractivity contribution in [2.75, 3.05) is 25.1 Å². The highest BCUT2D eigenvalue weighted by molar-refractivity contribution is 5.59. The molecular weight excluding hydrogens is 260 g/mol. The molecule has 7 nitrogen and oxygen atoms in total. The summed E-state index contributed by atoms with van der Waals surface area (Å²) in [6.45, 7) is 12.5. The molecule has 0 aliphatic rings. The maximum absolute atomic E-state index is 11.1. The molecule has 0 aromatic carbocycles. The van der Waals surface area contributed by atoms with Crippen LogP contribution in [-0.2, 0) is 4.74 Å². The number of hydrogen-bond donors (Lipinski definition) is 1. The molecule has 1 aromatic rings. The topological polar surface area (TPSA) is 82.2 Å². The van der Waals surface area contributed by atoms with Crippen LogP contribution in [0.5, 0.6) is 0 Å². The van der Waals surface area contributed by atoms with Crippen LogP contribution < -0.4 is 5.32 Å². The lowest BCUT2D eigenvalue weighted by Gasteiger charge is -2.12. The summed E-state index contributed by atoms with van der Waals surface area (Å²) in [7, 11) is 0. The Morgan fingerprint density at radius 1 is 1.60 bits per heavy atom. The van der Waals surface area contributed by atoms with E-state index in [1.807, 2.05) is 20.8 Å². The Bertz CT molecular complexity index is 494. The number of nitro groups is 1. The zero-order valence-corrected chi connectivity index (χ0v) is 12.5. The summed E-state index contributed by atoms with van der Waals surface area (Å²) < 4.78 is 6.99. The lowest BCUT2D eigenvalue weighted by Crippen LogP contribution is -2.15. The minimum atomic E-state index is -0.404. The van der Waals surface area contributed by atoms with Crippen molar-refractivity contribution in [2.24, 2.45) is 0 Å². The second-order valence-electron chi connectivity index (χ2n) is 5.01. The van der Waals surface area contributed by atoms with Gasteiger partial charge >= 0.3 is 5.69 Å². The molecule has 0 fully saturated rings. The van der Waals surface area contributed by atoms with E-state index in [1.165, 1.54) is 0 Å². The highest BCUT2D eigenvalue weighted by Crippen LogP contribution is 2.30. The average molecular weight is 282 g/mol. The van der Waals surface area contributed by atoms with Crippen LogP contribution >= 0.6 is 0 Å². The summed E-state index contributed by atoms with van der Waals surface area (Å²) in [5, 5.41) is 18.4. The highest BCUT2D eigenvalue weighted by Gasteiger charge is 2.26. The van der Waals surface area contributed by atoms with Gasteiger partial charge in [0.15, 0.2) is 0 Å². The van der Waals surface area contributed by atoms with Crippen molar-refractivity contribution in [3.63, 3.8) is 0 Å². The van der Waals surface area contributed by atoms with Gasteiger partial charge in [-0.3, -0.25) is 10.1 Å². The van der Waals surface area contributed by atoms with Crippen molar-refractivity contribution in [2.45, 2.75) is 33.7 Å². The quantitative estimate of drug-likeness (QED) is 0.343. The van der Waals surface area contributed by atoms with Crippen LogP contribution in [0.3, 0.4) is 0 Å². The Hall–Kier alpha value is -1.89. The van der Waals surface area contributed by atoms with Crippen LogP contribution in [0.2, 0.25) is 0 Å². The van der Waals surface area contributed by atoms with Crippen LogP contribution in [0.1, 0.15) is 32.5 Å². The van der Waals surface area contributed by atoms with Crippen molar-refractivity contribution in [1.29, 1.82) is 0 Å². The molecule has 0 amide bonds. The number of hydrogen-bond acceptors (Lipinski definition) is 5. The minimum Gasteiger partial charge on any atom is -0.375 e. The van der Waals surface area contributed by atoms with Crippen molar-refractivity contribution >= 4 is 11.5 Å². The van der Waals surface area contributed by atoms with E-state index in [0.717, 1.165) is 5.57 Å². The molecule has 0 aliphatic heterocycles.